The molecular weight excluding hydrogens is 370 g/mol. The smallest absolute Gasteiger partial charge is 0.258 e. The van der Waals surface area contributed by atoms with Gasteiger partial charge in [0.05, 0.1) is 0 Å². The van der Waals surface area contributed by atoms with Crippen molar-refractivity contribution >= 4 is 23.2 Å². The van der Waals surface area contributed by atoms with Gasteiger partial charge in [0.15, 0.2) is 17.3 Å². The summed E-state index contributed by atoms with van der Waals surface area (Å²) < 4.78 is 16.1. The second kappa shape index (κ2) is 6.28. The zero-order valence-corrected chi connectivity index (χ0v) is 14.8. The number of hydrogen-bond donors (Lipinski definition) is 0. The highest BCUT2D eigenvalue weighted by Crippen LogP contribution is 2.36. The van der Waals surface area contributed by atoms with Gasteiger partial charge in [0.25, 0.3) is 5.89 Å². The van der Waals surface area contributed by atoms with E-state index in [0.29, 0.717) is 41.2 Å². The molecule has 7 nitrogen and oxygen atoms in total. The molecule has 1 saturated heterocycles. The lowest BCUT2D eigenvalue weighted by Crippen LogP contribution is -2.24. The molecule has 8 heteroatoms. The highest BCUT2D eigenvalue weighted by Gasteiger charge is 2.34. The summed E-state index contributed by atoms with van der Waals surface area (Å²) in [6.07, 6.45) is 0.336. The first-order valence-corrected chi connectivity index (χ1v) is 8.85. The van der Waals surface area contributed by atoms with Crippen molar-refractivity contribution in [2.75, 3.05) is 18.2 Å². The van der Waals surface area contributed by atoms with E-state index in [1.165, 1.54) is 0 Å². The van der Waals surface area contributed by atoms with Crippen LogP contribution in [0.2, 0.25) is 5.02 Å². The molecule has 1 aromatic heterocycles. The highest BCUT2D eigenvalue weighted by molar-refractivity contribution is 6.30. The Morgan fingerprint density at radius 2 is 1.89 bits per heavy atom. The van der Waals surface area contributed by atoms with Crippen LogP contribution < -0.4 is 14.4 Å². The molecule has 3 heterocycles. The van der Waals surface area contributed by atoms with Crippen molar-refractivity contribution in [2.24, 2.45) is 0 Å². The Hall–Kier alpha value is -3.06. The predicted octanol–water partition coefficient (Wildman–Crippen LogP) is 3.64. The fourth-order valence-corrected chi connectivity index (χ4v) is 3.42. The van der Waals surface area contributed by atoms with E-state index in [1.807, 2.05) is 24.3 Å². The van der Waals surface area contributed by atoms with Gasteiger partial charge >= 0.3 is 0 Å². The van der Waals surface area contributed by atoms with E-state index < -0.39 is 0 Å². The van der Waals surface area contributed by atoms with Crippen LogP contribution in [-0.2, 0) is 4.79 Å². The number of fused-ring (bicyclic) bond motifs is 1. The van der Waals surface area contributed by atoms with E-state index in [1.54, 1.807) is 23.1 Å². The normalized spacial score (nSPS) is 18.3. The molecule has 1 fully saturated rings. The zero-order valence-electron chi connectivity index (χ0n) is 14.1. The third-order valence-electron chi connectivity index (χ3n) is 4.69. The number of benzene rings is 2. The van der Waals surface area contributed by atoms with Crippen LogP contribution in [0.15, 0.2) is 47.0 Å². The minimum absolute atomic E-state index is 0.0248. The second-order valence-corrected chi connectivity index (χ2v) is 6.84. The standard InChI is InChI=1S/C19H14ClN3O4/c20-13-2-4-14(5-3-13)23-9-12(8-17(23)24)18-21-19(27-22-18)11-1-6-15-16(7-11)26-10-25-15/h1-7,12H,8-10H2/t12-/m0/s1. The Bertz CT molecular complexity index is 1020. The van der Waals surface area contributed by atoms with Crippen molar-refractivity contribution in [1.29, 1.82) is 0 Å². The van der Waals surface area contributed by atoms with Gasteiger partial charge in [-0.25, -0.2) is 0 Å². The van der Waals surface area contributed by atoms with Crippen molar-refractivity contribution < 1.29 is 18.8 Å². The number of anilines is 1. The van der Waals surface area contributed by atoms with Crippen molar-refractivity contribution in [2.45, 2.75) is 12.3 Å². The Kier molecular flexibility index (Phi) is 3.75. The molecule has 1 atom stereocenters. The third-order valence-corrected chi connectivity index (χ3v) is 4.94. The maximum atomic E-state index is 12.4. The maximum Gasteiger partial charge on any atom is 0.258 e. The van der Waals surface area contributed by atoms with Crippen molar-refractivity contribution in [1.82, 2.24) is 10.1 Å². The number of carbonyl (C=O) groups excluding carboxylic acids is 1. The fourth-order valence-electron chi connectivity index (χ4n) is 3.30. The predicted molar refractivity (Wildman–Crippen MR) is 97.0 cm³/mol. The van der Waals surface area contributed by atoms with E-state index in [9.17, 15) is 4.79 Å². The molecular formula is C19H14ClN3O4. The first-order valence-electron chi connectivity index (χ1n) is 8.47. The quantitative estimate of drug-likeness (QED) is 0.687. The third kappa shape index (κ3) is 2.90. The molecule has 0 radical (unpaired) electrons. The summed E-state index contributed by atoms with van der Waals surface area (Å²) in [5, 5.41) is 4.72. The van der Waals surface area contributed by atoms with E-state index in [0.717, 1.165) is 11.3 Å². The first-order chi connectivity index (χ1) is 13.2. The van der Waals surface area contributed by atoms with E-state index in [4.69, 9.17) is 25.6 Å². The molecule has 0 spiro atoms. The van der Waals surface area contributed by atoms with Gasteiger partial charge in [0.1, 0.15) is 0 Å². The SMILES string of the molecule is O=C1C[C@H](c2noc(-c3ccc4c(c3)OCO4)n2)CN1c1ccc(Cl)cc1. The van der Waals surface area contributed by atoms with E-state index >= 15 is 0 Å². The van der Waals surface area contributed by atoms with Crippen LogP contribution in [0.4, 0.5) is 5.69 Å². The summed E-state index contributed by atoms with van der Waals surface area (Å²) >= 11 is 5.92. The Morgan fingerprint density at radius 3 is 2.74 bits per heavy atom. The molecule has 0 unspecified atom stereocenters. The lowest BCUT2D eigenvalue weighted by Gasteiger charge is -2.16. The lowest BCUT2D eigenvalue weighted by atomic mass is 10.1. The molecule has 0 N–H and O–H groups in total. The number of ether oxygens (including phenoxy) is 2. The number of rotatable bonds is 3. The molecule has 2 aliphatic rings. The van der Waals surface area contributed by atoms with Crippen LogP contribution in [0.1, 0.15) is 18.2 Å². The number of halogens is 1. The summed E-state index contributed by atoms with van der Waals surface area (Å²) in [7, 11) is 0. The molecule has 3 aromatic rings. The van der Waals surface area contributed by atoms with Gasteiger partial charge in [-0.3, -0.25) is 4.79 Å². The molecule has 2 aromatic carbocycles. The zero-order chi connectivity index (χ0) is 18.4. The summed E-state index contributed by atoms with van der Waals surface area (Å²) in [5.74, 6) is 2.15. The maximum absolute atomic E-state index is 12.4. The average Bonchev–Trinajstić information content (AvgIpc) is 3.41. The Morgan fingerprint density at radius 1 is 1.07 bits per heavy atom. The minimum atomic E-state index is -0.125. The molecule has 0 aliphatic carbocycles. The number of amides is 1. The Balaban J connectivity index is 1.37. The molecule has 136 valence electrons. The fraction of sp³-hybridized carbons (Fsp3) is 0.211. The summed E-state index contributed by atoms with van der Waals surface area (Å²) in [6, 6.07) is 12.6. The number of hydrogen-bond acceptors (Lipinski definition) is 6. The molecule has 0 saturated carbocycles. The van der Waals surface area contributed by atoms with Gasteiger partial charge in [-0.2, -0.15) is 4.98 Å². The van der Waals surface area contributed by atoms with Crippen molar-refractivity contribution in [3.8, 4) is 23.0 Å². The van der Waals surface area contributed by atoms with Crippen molar-refractivity contribution in [3.05, 3.63) is 53.3 Å². The van der Waals surface area contributed by atoms with E-state index in [-0.39, 0.29) is 18.6 Å². The topological polar surface area (TPSA) is 77.7 Å². The monoisotopic (exact) mass is 383 g/mol. The summed E-state index contributed by atoms with van der Waals surface area (Å²) in [4.78, 5) is 18.6. The molecule has 2 aliphatic heterocycles. The molecule has 27 heavy (non-hydrogen) atoms. The van der Waals surface area contributed by atoms with E-state index in [2.05, 4.69) is 10.1 Å². The largest absolute Gasteiger partial charge is 0.454 e. The second-order valence-electron chi connectivity index (χ2n) is 6.41. The lowest BCUT2D eigenvalue weighted by molar-refractivity contribution is -0.117. The van der Waals surface area contributed by atoms with Gasteiger partial charge < -0.3 is 18.9 Å². The van der Waals surface area contributed by atoms with Crippen LogP contribution in [0, 0.1) is 0 Å². The summed E-state index contributed by atoms with van der Waals surface area (Å²) in [6.45, 7) is 0.708. The average molecular weight is 384 g/mol. The summed E-state index contributed by atoms with van der Waals surface area (Å²) in [5.41, 5.74) is 1.56. The van der Waals surface area contributed by atoms with Gasteiger partial charge in [-0.05, 0) is 42.5 Å². The van der Waals surface area contributed by atoms with Gasteiger partial charge in [0, 0.05) is 35.2 Å². The van der Waals surface area contributed by atoms with Crippen LogP contribution in [0.3, 0.4) is 0 Å². The van der Waals surface area contributed by atoms with Crippen LogP contribution in [0.25, 0.3) is 11.5 Å². The van der Waals surface area contributed by atoms with Crippen LogP contribution >= 0.6 is 11.6 Å². The van der Waals surface area contributed by atoms with Crippen molar-refractivity contribution in [3.63, 3.8) is 0 Å². The number of nitrogens with zero attached hydrogens (tertiary/aromatic N) is 3. The van der Waals surface area contributed by atoms with Gasteiger partial charge in [-0.15, -0.1) is 0 Å². The molecule has 5 rings (SSSR count). The Labute approximate surface area is 159 Å². The number of carbonyl (C=O) groups is 1. The highest BCUT2D eigenvalue weighted by atomic mass is 35.5. The van der Waals surface area contributed by atoms with Gasteiger partial charge in [0.2, 0.25) is 12.7 Å². The minimum Gasteiger partial charge on any atom is -0.454 e. The van der Waals surface area contributed by atoms with Crippen LogP contribution in [-0.4, -0.2) is 29.4 Å². The first kappa shape index (κ1) is 16.1. The number of aromatic nitrogens is 2. The molecule has 1 amide bonds. The molecule has 0 bridgehead atoms. The van der Waals surface area contributed by atoms with Gasteiger partial charge in [-0.1, -0.05) is 16.8 Å². The van der Waals surface area contributed by atoms with Crippen LogP contribution in [0.5, 0.6) is 11.5 Å².